The van der Waals surface area contributed by atoms with Gasteiger partial charge in [-0.1, -0.05) is 5.16 Å². The number of carbonyl (C=O) groups excluding carboxylic acids is 1. The zero-order valence-electron chi connectivity index (χ0n) is 11.6. The van der Waals surface area contributed by atoms with Gasteiger partial charge in [-0.3, -0.25) is 4.79 Å². The lowest BCUT2D eigenvalue weighted by atomic mass is 9.85. The van der Waals surface area contributed by atoms with E-state index in [0.29, 0.717) is 24.0 Å². The molecule has 104 valence electrons. The molecule has 1 saturated heterocycles. The lowest BCUT2D eigenvalue weighted by molar-refractivity contribution is -0.0719. The van der Waals surface area contributed by atoms with Crippen molar-refractivity contribution in [2.75, 3.05) is 6.61 Å². The largest absolute Gasteiger partial charge is 0.376 e. The van der Waals surface area contributed by atoms with Crippen LogP contribution in [0.5, 0.6) is 0 Å². The van der Waals surface area contributed by atoms with Gasteiger partial charge in [0.25, 0.3) is 0 Å². The Balaban J connectivity index is 1.60. The zero-order valence-corrected chi connectivity index (χ0v) is 11.6. The molecule has 1 saturated carbocycles. The van der Waals surface area contributed by atoms with Gasteiger partial charge in [-0.2, -0.15) is 0 Å². The fourth-order valence-electron chi connectivity index (χ4n) is 2.88. The van der Waals surface area contributed by atoms with Gasteiger partial charge in [-0.25, -0.2) is 0 Å². The number of ketones is 1. The summed E-state index contributed by atoms with van der Waals surface area (Å²) in [6.45, 7) is 4.92. The number of hydrogen-bond donors (Lipinski definition) is 0. The average molecular weight is 263 g/mol. The Morgan fingerprint density at radius 3 is 2.89 bits per heavy atom. The Morgan fingerprint density at radius 2 is 2.21 bits per heavy atom. The highest BCUT2D eigenvalue weighted by Gasteiger charge is 2.32. The monoisotopic (exact) mass is 263 g/mol. The van der Waals surface area contributed by atoms with Crippen molar-refractivity contribution >= 4 is 5.78 Å². The van der Waals surface area contributed by atoms with Gasteiger partial charge in [0.1, 0.15) is 11.5 Å². The third-order valence-electron chi connectivity index (χ3n) is 4.07. The molecular weight excluding hydrogens is 242 g/mol. The summed E-state index contributed by atoms with van der Waals surface area (Å²) in [6.07, 6.45) is 4.78. The van der Waals surface area contributed by atoms with Gasteiger partial charge in [-0.05, 0) is 45.4 Å². The van der Waals surface area contributed by atoms with Crippen LogP contribution >= 0.6 is 0 Å². The first kappa shape index (κ1) is 12.9. The van der Waals surface area contributed by atoms with Crippen molar-refractivity contribution in [3.63, 3.8) is 0 Å². The number of carbonyl (C=O) groups is 1. The van der Waals surface area contributed by atoms with E-state index in [0.717, 1.165) is 38.1 Å². The molecule has 0 spiro atoms. The molecule has 4 heteroatoms. The van der Waals surface area contributed by atoms with E-state index in [1.54, 1.807) is 0 Å². The Bertz CT molecular complexity index is 473. The molecule has 0 aromatic carbocycles. The standard InChI is InChI=1S/C15H21NO3/c1-15(2)9-10(5-6-18-15)7-13(17)12-8-14(19-16-12)11-3-4-11/h8,10-11H,3-7,9H2,1-2H3. The number of rotatable bonds is 4. The van der Waals surface area contributed by atoms with Crippen molar-refractivity contribution in [3.05, 3.63) is 17.5 Å². The smallest absolute Gasteiger partial charge is 0.185 e. The Hall–Kier alpha value is -1.16. The van der Waals surface area contributed by atoms with Crippen molar-refractivity contribution in [1.29, 1.82) is 0 Å². The number of aromatic nitrogens is 1. The van der Waals surface area contributed by atoms with Crippen molar-refractivity contribution in [2.24, 2.45) is 5.92 Å². The van der Waals surface area contributed by atoms with E-state index in [-0.39, 0.29) is 11.4 Å². The topological polar surface area (TPSA) is 52.3 Å². The third-order valence-corrected chi connectivity index (χ3v) is 4.07. The predicted octanol–water partition coefficient (Wildman–Crippen LogP) is 3.33. The van der Waals surface area contributed by atoms with E-state index < -0.39 is 0 Å². The molecule has 0 bridgehead atoms. The molecule has 1 aromatic rings. The van der Waals surface area contributed by atoms with Gasteiger partial charge in [0, 0.05) is 25.0 Å². The quantitative estimate of drug-likeness (QED) is 0.782. The molecule has 1 aromatic heterocycles. The summed E-state index contributed by atoms with van der Waals surface area (Å²) < 4.78 is 10.9. The maximum absolute atomic E-state index is 12.2. The first-order chi connectivity index (χ1) is 9.03. The van der Waals surface area contributed by atoms with Crippen LogP contribution in [0.4, 0.5) is 0 Å². The van der Waals surface area contributed by atoms with Crippen LogP contribution in [0.3, 0.4) is 0 Å². The van der Waals surface area contributed by atoms with Crippen LogP contribution in [0, 0.1) is 5.92 Å². The second kappa shape index (κ2) is 4.75. The molecular formula is C15H21NO3. The van der Waals surface area contributed by atoms with Gasteiger partial charge >= 0.3 is 0 Å². The minimum atomic E-state index is -0.105. The lowest BCUT2D eigenvalue weighted by Crippen LogP contribution is -2.34. The van der Waals surface area contributed by atoms with Gasteiger partial charge in [-0.15, -0.1) is 0 Å². The molecule has 3 rings (SSSR count). The molecule has 1 aliphatic heterocycles. The van der Waals surface area contributed by atoms with E-state index >= 15 is 0 Å². The second-order valence-electron chi connectivity index (χ2n) is 6.48. The van der Waals surface area contributed by atoms with E-state index in [4.69, 9.17) is 9.26 Å². The summed E-state index contributed by atoms with van der Waals surface area (Å²) in [4.78, 5) is 12.2. The summed E-state index contributed by atoms with van der Waals surface area (Å²) in [5, 5.41) is 3.92. The molecule has 2 heterocycles. The number of nitrogens with zero attached hydrogens (tertiary/aromatic N) is 1. The minimum absolute atomic E-state index is 0.105. The number of hydrogen-bond acceptors (Lipinski definition) is 4. The fourth-order valence-corrected chi connectivity index (χ4v) is 2.88. The number of Topliss-reactive ketones (excluding diaryl/α,β-unsaturated/α-hetero) is 1. The lowest BCUT2D eigenvalue weighted by Gasteiger charge is -2.35. The Morgan fingerprint density at radius 1 is 1.42 bits per heavy atom. The van der Waals surface area contributed by atoms with E-state index in [9.17, 15) is 4.79 Å². The van der Waals surface area contributed by atoms with Crippen molar-refractivity contribution in [2.45, 2.75) is 57.5 Å². The predicted molar refractivity (Wildman–Crippen MR) is 70.2 cm³/mol. The van der Waals surface area contributed by atoms with Gasteiger partial charge in [0.05, 0.1) is 5.60 Å². The highest BCUT2D eigenvalue weighted by atomic mass is 16.5. The molecule has 2 aliphatic rings. The van der Waals surface area contributed by atoms with E-state index in [1.807, 2.05) is 6.07 Å². The molecule has 19 heavy (non-hydrogen) atoms. The van der Waals surface area contributed by atoms with Crippen molar-refractivity contribution < 1.29 is 14.1 Å². The maximum atomic E-state index is 12.2. The van der Waals surface area contributed by atoms with E-state index in [1.165, 1.54) is 0 Å². The van der Waals surface area contributed by atoms with Crippen LogP contribution in [0.1, 0.15) is 68.1 Å². The Labute approximate surface area is 113 Å². The molecule has 1 aliphatic carbocycles. The molecule has 1 unspecified atom stereocenters. The number of ether oxygens (including phenoxy) is 1. The van der Waals surface area contributed by atoms with Crippen molar-refractivity contribution in [3.8, 4) is 0 Å². The summed E-state index contributed by atoms with van der Waals surface area (Å²) >= 11 is 0. The summed E-state index contributed by atoms with van der Waals surface area (Å²) in [7, 11) is 0. The summed E-state index contributed by atoms with van der Waals surface area (Å²) in [5.74, 6) is 1.90. The summed E-state index contributed by atoms with van der Waals surface area (Å²) in [6, 6.07) is 1.84. The highest BCUT2D eigenvalue weighted by molar-refractivity contribution is 5.94. The maximum Gasteiger partial charge on any atom is 0.185 e. The SMILES string of the molecule is CC1(C)CC(CC(=O)c2cc(C3CC3)on2)CCO1. The van der Waals surface area contributed by atoms with Crippen LogP contribution in [-0.4, -0.2) is 23.1 Å². The minimum Gasteiger partial charge on any atom is -0.376 e. The molecule has 4 nitrogen and oxygen atoms in total. The highest BCUT2D eigenvalue weighted by Crippen LogP contribution is 2.40. The van der Waals surface area contributed by atoms with Crippen LogP contribution in [-0.2, 0) is 4.74 Å². The van der Waals surface area contributed by atoms with Crippen LogP contribution in [0.15, 0.2) is 10.6 Å². The molecule has 1 atom stereocenters. The average Bonchev–Trinajstić information content (AvgIpc) is 3.05. The molecule has 2 fully saturated rings. The fraction of sp³-hybridized carbons (Fsp3) is 0.733. The van der Waals surface area contributed by atoms with Crippen LogP contribution in [0.25, 0.3) is 0 Å². The van der Waals surface area contributed by atoms with Gasteiger partial charge < -0.3 is 9.26 Å². The molecule has 0 amide bonds. The van der Waals surface area contributed by atoms with E-state index in [2.05, 4.69) is 19.0 Å². The third kappa shape index (κ3) is 3.06. The summed E-state index contributed by atoms with van der Waals surface area (Å²) in [5.41, 5.74) is 0.401. The van der Waals surface area contributed by atoms with Gasteiger partial charge in [0.2, 0.25) is 0 Å². The first-order valence-electron chi connectivity index (χ1n) is 7.17. The normalized spacial score (nSPS) is 26.3. The van der Waals surface area contributed by atoms with Crippen molar-refractivity contribution in [1.82, 2.24) is 5.16 Å². The van der Waals surface area contributed by atoms with Crippen LogP contribution in [0.2, 0.25) is 0 Å². The molecule has 0 N–H and O–H groups in total. The van der Waals surface area contributed by atoms with Gasteiger partial charge in [0.15, 0.2) is 5.78 Å². The Kier molecular flexibility index (Phi) is 3.21. The zero-order chi connectivity index (χ0) is 13.5. The van der Waals surface area contributed by atoms with Crippen LogP contribution < -0.4 is 0 Å². The second-order valence-corrected chi connectivity index (χ2v) is 6.48. The first-order valence-corrected chi connectivity index (χ1v) is 7.17. The molecule has 0 radical (unpaired) electrons.